The molecule has 0 saturated carbocycles. The number of hydrogen-bond acceptors (Lipinski definition) is 3. The molecule has 1 unspecified atom stereocenters. The monoisotopic (exact) mass is 304 g/mol. The summed E-state index contributed by atoms with van der Waals surface area (Å²) in [4.78, 5) is 1.27. The van der Waals surface area contributed by atoms with Crippen molar-refractivity contribution in [2.24, 2.45) is 5.84 Å². The maximum absolute atomic E-state index is 13.1. The molecule has 2 aromatic rings. The van der Waals surface area contributed by atoms with Gasteiger partial charge in [-0.25, -0.2) is 4.39 Å². The van der Waals surface area contributed by atoms with Gasteiger partial charge in [0.1, 0.15) is 5.82 Å². The van der Waals surface area contributed by atoms with Gasteiger partial charge in [0.05, 0.1) is 0 Å². The number of hydrazine groups is 1. The molecule has 2 aromatic carbocycles. The molecule has 21 heavy (non-hydrogen) atoms. The van der Waals surface area contributed by atoms with Crippen LogP contribution in [0.3, 0.4) is 0 Å². The number of hydrogen-bond donors (Lipinski definition) is 2. The minimum Gasteiger partial charge on any atom is -0.271 e. The Morgan fingerprint density at radius 1 is 1.14 bits per heavy atom. The summed E-state index contributed by atoms with van der Waals surface area (Å²) >= 11 is 1.79. The molecule has 0 radical (unpaired) electrons. The molecule has 0 fully saturated rings. The van der Waals surface area contributed by atoms with E-state index in [-0.39, 0.29) is 11.9 Å². The van der Waals surface area contributed by atoms with Crippen LogP contribution < -0.4 is 11.3 Å². The summed E-state index contributed by atoms with van der Waals surface area (Å²) in [5, 5.41) is 0. The number of halogens is 1. The van der Waals surface area contributed by atoms with E-state index >= 15 is 0 Å². The van der Waals surface area contributed by atoms with Crippen LogP contribution in [0, 0.1) is 19.7 Å². The van der Waals surface area contributed by atoms with Crippen molar-refractivity contribution in [2.45, 2.75) is 31.2 Å². The minimum atomic E-state index is -0.192. The standard InChI is InChI=1S/C17H21FN2S/c1-12-5-3-4-6-17(12)21-11-16(20-19)10-14-7-8-15(18)9-13(14)2/h3-9,16,20H,10-11,19H2,1-2H3. The van der Waals surface area contributed by atoms with E-state index in [0.29, 0.717) is 0 Å². The SMILES string of the molecule is Cc1cc(F)ccc1CC(CSc1ccccc1C)NN. The first kappa shape index (κ1) is 16.0. The molecule has 0 spiro atoms. The molecular weight excluding hydrogens is 283 g/mol. The Kier molecular flexibility index (Phi) is 5.79. The van der Waals surface area contributed by atoms with Gasteiger partial charge in [-0.2, -0.15) is 0 Å². The second-order valence-electron chi connectivity index (χ2n) is 5.22. The van der Waals surface area contributed by atoms with Crippen molar-refractivity contribution in [2.75, 3.05) is 5.75 Å². The molecule has 0 aliphatic rings. The lowest BCUT2D eigenvalue weighted by Crippen LogP contribution is -2.38. The molecule has 1 atom stereocenters. The Balaban J connectivity index is 1.99. The normalized spacial score (nSPS) is 12.4. The highest BCUT2D eigenvalue weighted by molar-refractivity contribution is 7.99. The van der Waals surface area contributed by atoms with Gasteiger partial charge in [-0.15, -0.1) is 11.8 Å². The Morgan fingerprint density at radius 2 is 1.90 bits per heavy atom. The summed E-state index contributed by atoms with van der Waals surface area (Å²) in [6.07, 6.45) is 0.793. The highest BCUT2D eigenvalue weighted by Gasteiger charge is 2.11. The summed E-state index contributed by atoms with van der Waals surface area (Å²) in [6.45, 7) is 4.04. The maximum atomic E-state index is 13.1. The fourth-order valence-electron chi connectivity index (χ4n) is 2.23. The van der Waals surface area contributed by atoms with E-state index in [9.17, 15) is 4.39 Å². The molecule has 3 N–H and O–H groups in total. The smallest absolute Gasteiger partial charge is 0.123 e. The van der Waals surface area contributed by atoms with Crippen LogP contribution in [0.15, 0.2) is 47.4 Å². The van der Waals surface area contributed by atoms with Gasteiger partial charge in [-0.05, 0) is 55.2 Å². The van der Waals surface area contributed by atoms with Crippen molar-refractivity contribution in [3.8, 4) is 0 Å². The third kappa shape index (κ3) is 4.56. The van der Waals surface area contributed by atoms with Gasteiger partial charge < -0.3 is 0 Å². The quantitative estimate of drug-likeness (QED) is 0.486. The minimum absolute atomic E-state index is 0.152. The van der Waals surface area contributed by atoms with Gasteiger partial charge in [0.15, 0.2) is 0 Å². The zero-order valence-electron chi connectivity index (χ0n) is 12.4. The van der Waals surface area contributed by atoms with E-state index in [1.807, 2.05) is 25.1 Å². The van der Waals surface area contributed by atoms with Crippen LogP contribution in [0.25, 0.3) is 0 Å². The molecule has 0 heterocycles. The Labute approximate surface area is 129 Å². The molecule has 0 aromatic heterocycles. The van der Waals surface area contributed by atoms with E-state index in [4.69, 9.17) is 5.84 Å². The summed E-state index contributed by atoms with van der Waals surface area (Å²) in [6, 6.07) is 13.4. The van der Waals surface area contributed by atoms with Gasteiger partial charge in [0.2, 0.25) is 0 Å². The summed E-state index contributed by atoms with van der Waals surface area (Å²) in [7, 11) is 0. The van der Waals surface area contributed by atoms with Crippen molar-refractivity contribution >= 4 is 11.8 Å². The van der Waals surface area contributed by atoms with Crippen molar-refractivity contribution < 1.29 is 4.39 Å². The summed E-state index contributed by atoms with van der Waals surface area (Å²) in [5.74, 6) is 6.35. The average Bonchev–Trinajstić information content (AvgIpc) is 2.47. The first-order valence-corrected chi connectivity index (χ1v) is 7.98. The van der Waals surface area contributed by atoms with Crippen LogP contribution in [0.4, 0.5) is 4.39 Å². The van der Waals surface area contributed by atoms with Crippen LogP contribution in [0.2, 0.25) is 0 Å². The molecule has 0 saturated heterocycles. The molecule has 0 bridgehead atoms. The van der Waals surface area contributed by atoms with Crippen LogP contribution in [0.1, 0.15) is 16.7 Å². The zero-order valence-corrected chi connectivity index (χ0v) is 13.2. The van der Waals surface area contributed by atoms with E-state index in [1.54, 1.807) is 17.8 Å². The average molecular weight is 304 g/mol. The number of rotatable bonds is 6. The third-order valence-electron chi connectivity index (χ3n) is 3.54. The lowest BCUT2D eigenvalue weighted by Gasteiger charge is -2.17. The first-order valence-electron chi connectivity index (χ1n) is 6.99. The van der Waals surface area contributed by atoms with E-state index < -0.39 is 0 Å². The Hall–Kier alpha value is -1.36. The number of nitrogens with one attached hydrogen (secondary N) is 1. The van der Waals surface area contributed by atoms with Crippen LogP contribution in [-0.2, 0) is 6.42 Å². The first-order chi connectivity index (χ1) is 10.1. The maximum Gasteiger partial charge on any atom is 0.123 e. The number of benzene rings is 2. The van der Waals surface area contributed by atoms with Crippen molar-refractivity contribution in [1.29, 1.82) is 0 Å². The highest BCUT2D eigenvalue weighted by Crippen LogP contribution is 2.23. The van der Waals surface area contributed by atoms with Crippen LogP contribution in [-0.4, -0.2) is 11.8 Å². The lowest BCUT2D eigenvalue weighted by molar-refractivity contribution is 0.572. The van der Waals surface area contributed by atoms with E-state index in [2.05, 4.69) is 24.5 Å². The topological polar surface area (TPSA) is 38.0 Å². The van der Waals surface area contributed by atoms with E-state index in [0.717, 1.165) is 23.3 Å². The number of nitrogens with two attached hydrogens (primary N) is 1. The molecule has 4 heteroatoms. The van der Waals surface area contributed by atoms with Gasteiger partial charge in [0, 0.05) is 16.7 Å². The molecular formula is C17H21FN2S. The molecule has 0 aliphatic heterocycles. The Morgan fingerprint density at radius 3 is 2.57 bits per heavy atom. The van der Waals surface area contributed by atoms with E-state index in [1.165, 1.54) is 16.5 Å². The van der Waals surface area contributed by atoms with Crippen molar-refractivity contribution in [3.63, 3.8) is 0 Å². The highest BCUT2D eigenvalue weighted by atomic mass is 32.2. The Bertz CT molecular complexity index is 601. The molecule has 2 nitrogen and oxygen atoms in total. The van der Waals surface area contributed by atoms with Gasteiger partial charge in [0.25, 0.3) is 0 Å². The second kappa shape index (κ2) is 7.59. The molecule has 112 valence electrons. The largest absolute Gasteiger partial charge is 0.271 e. The fourth-order valence-corrected chi connectivity index (χ4v) is 3.29. The molecule has 0 aliphatic carbocycles. The molecule has 0 amide bonds. The number of thioether (sulfide) groups is 1. The molecule has 2 rings (SSSR count). The summed E-state index contributed by atoms with van der Waals surface area (Å²) < 4.78 is 13.1. The van der Waals surface area contributed by atoms with Crippen LogP contribution in [0.5, 0.6) is 0 Å². The second-order valence-corrected chi connectivity index (χ2v) is 6.28. The summed E-state index contributed by atoms with van der Waals surface area (Å²) in [5.41, 5.74) is 6.24. The zero-order chi connectivity index (χ0) is 15.2. The third-order valence-corrected chi connectivity index (χ3v) is 4.88. The van der Waals surface area contributed by atoms with Crippen molar-refractivity contribution in [3.05, 3.63) is 65.0 Å². The fraction of sp³-hybridized carbons (Fsp3) is 0.294. The number of aryl methyl sites for hydroxylation is 2. The predicted molar refractivity (Wildman–Crippen MR) is 87.9 cm³/mol. The van der Waals surface area contributed by atoms with Crippen LogP contribution >= 0.6 is 11.8 Å². The van der Waals surface area contributed by atoms with Gasteiger partial charge in [-0.1, -0.05) is 24.3 Å². The van der Waals surface area contributed by atoms with Gasteiger partial charge in [-0.3, -0.25) is 11.3 Å². The van der Waals surface area contributed by atoms with Gasteiger partial charge >= 0.3 is 0 Å². The van der Waals surface area contributed by atoms with Crippen molar-refractivity contribution in [1.82, 2.24) is 5.43 Å². The predicted octanol–water partition coefficient (Wildman–Crippen LogP) is 3.61. The lowest BCUT2D eigenvalue weighted by atomic mass is 10.0.